The summed E-state index contributed by atoms with van der Waals surface area (Å²) in [4.78, 5) is 0.257. The SMILES string of the molecule is C[C@@H]1CN(S(=O)(=O)c2cccc3nsnc23)CCN1.Cl. The van der Waals surface area contributed by atoms with Crippen LogP contribution in [0.25, 0.3) is 11.0 Å². The Bertz CT molecular complexity index is 703. The highest BCUT2D eigenvalue weighted by molar-refractivity contribution is 7.89. The lowest BCUT2D eigenvalue weighted by atomic mass is 10.3. The third-order valence-electron chi connectivity index (χ3n) is 3.20. The van der Waals surface area contributed by atoms with Gasteiger partial charge < -0.3 is 5.32 Å². The molecule has 0 unspecified atom stereocenters. The Morgan fingerprint density at radius 3 is 2.95 bits per heavy atom. The van der Waals surface area contributed by atoms with Crippen LogP contribution in [0.1, 0.15) is 6.92 Å². The molecule has 110 valence electrons. The number of aromatic nitrogens is 2. The van der Waals surface area contributed by atoms with Crippen LogP contribution in [0.15, 0.2) is 23.1 Å². The first-order chi connectivity index (χ1) is 9.09. The van der Waals surface area contributed by atoms with Crippen molar-refractivity contribution in [1.82, 2.24) is 18.4 Å². The molecule has 1 fully saturated rings. The molecule has 0 saturated carbocycles. The Balaban J connectivity index is 0.00000147. The normalized spacial score (nSPS) is 20.8. The average Bonchev–Trinajstić information content (AvgIpc) is 2.86. The van der Waals surface area contributed by atoms with Crippen molar-refractivity contribution < 1.29 is 8.42 Å². The maximum Gasteiger partial charge on any atom is 0.245 e. The molecule has 1 aliphatic rings. The summed E-state index contributed by atoms with van der Waals surface area (Å²) in [6.07, 6.45) is 0. The van der Waals surface area contributed by atoms with Gasteiger partial charge in [-0.05, 0) is 19.1 Å². The fraction of sp³-hybridized carbons (Fsp3) is 0.455. The minimum atomic E-state index is -3.49. The Labute approximate surface area is 128 Å². The van der Waals surface area contributed by atoms with Crippen molar-refractivity contribution in [1.29, 1.82) is 0 Å². The molecule has 0 radical (unpaired) electrons. The lowest BCUT2D eigenvalue weighted by Crippen LogP contribution is -2.51. The largest absolute Gasteiger partial charge is 0.312 e. The number of nitrogens with zero attached hydrogens (tertiary/aromatic N) is 3. The molecule has 2 heterocycles. The first kappa shape index (κ1) is 15.6. The fourth-order valence-electron chi connectivity index (χ4n) is 2.24. The van der Waals surface area contributed by atoms with Crippen LogP contribution >= 0.6 is 24.1 Å². The molecule has 0 bridgehead atoms. The van der Waals surface area contributed by atoms with E-state index in [0.717, 1.165) is 11.7 Å². The lowest BCUT2D eigenvalue weighted by Gasteiger charge is -2.30. The van der Waals surface area contributed by atoms with E-state index in [1.54, 1.807) is 18.2 Å². The number of hydrogen-bond donors (Lipinski definition) is 1. The molecule has 3 rings (SSSR count). The summed E-state index contributed by atoms with van der Waals surface area (Å²) in [5.41, 5.74) is 1.10. The smallest absolute Gasteiger partial charge is 0.245 e. The van der Waals surface area contributed by atoms with Crippen molar-refractivity contribution in [3.8, 4) is 0 Å². The average molecular weight is 335 g/mol. The Hall–Kier alpha value is -0.800. The van der Waals surface area contributed by atoms with E-state index in [2.05, 4.69) is 14.1 Å². The number of rotatable bonds is 2. The molecule has 2 aromatic rings. The summed E-state index contributed by atoms with van der Waals surface area (Å²) < 4.78 is 35.1. The third-order valence-corrected chi connectivity index (χ3v) is 5.64. The first-order valence-corrected chi connectivity index (χ1v) is 8.21. The molecule has 1 N–H and O–H groups in total. The fourth-order valence-corrected chi connectivity index (χ4v) is 4.53. The summed E-state index contributed by atoms with van der Waals surface area (Å²) in [7, 11) is -3.49. The zero-order valence-corrected chi connectivity index (χ0v) is 13.3. The van der Waals surface area contributed by atoms with Crippen molar-refractivity contribution >= 4 is 45.2 Å². The van der Waals surface area contributed by atoms with E-state index in [9.17, 15) is 8.42 Å². The van der Waals surface area contributed by atoms with E-state index < -0.39 is 10.0 Å². The van der Waals surface area contributed by atoms with Gasteiger partial charge in [0.05, 0.1) is 11.7 Å². The minimum absolute atomic E-state index is 0. The van der Waals surface area contributed by atoms with Gasteiger partial charge in [0.15, 0.2) is 0 Å². The van der Waals surface area contributed by atoms with Crippen LogP contribution < -0.4 is 5.32 Å². The molecule has 0 amide bonds. The maximum atomic E-state index is 12.7. The third kappa shape index (κ3) is 2.66. The second-order valence-electron chi connectivity index (χ2n) is 4.61. The molecule has 0 spiro atoms. The zero-order chi connectivity index (χ0) is 13.5. The second-order valence-corrected chi connectivity index (χ2v) is 7.04. The van der Waals surface area contributed by atoms with Gasteiger partial charge in [0.25, 0.3) is 0 Å². The highest BCUT2D eigenvalue weighted by Gasteiger charge is 2.30. The van der Waals surface area contributed by atoms with E-state index in [1.165, 1.54) is 4.31 Å². The Morgan fingerprint density at radius 1 is 1.40 bits per heavy atom. The summed E-state index contributed by atoms with van der Waals surface area (Å²) in [6, 6.07) is 5.25. The molecule has 1 aromatic heterocycles. The predicted molar refractivity (Wildman–Crippen MR) is 80.9 cm³/mol. The van der Waals surface area contributed by atoms with E-state index in [-0.39, 0.29) is 23.3 Å². The molecule has 1 aromatic carbocycles. The molecule has 6 nitrogen and oxygen atoms in total. The number of nitrogens with one attached hydrogen (secondary N) is 1. The van der Waals surface area contributed by atoms with Gasteiger partial charge in [-0.3, -0.25) is 0 Å². The van der Waals surface area contributed by atoms with Crippen LogP contribution in [0.5, 0.6) is 0 Å². The van der Waals surface area contributed by atoms with E-state index in [1.807, 2.05) is 6.92 Å². The Morgan fingerprint density at radius 2 is 2.20 bits per heavy atom. The van der Waals surface area contributed by atoms with E-state index in [0.29, 0.717) is 30.7 Å². The maximum absolute atomic E-state index is 12.7. The van der Waals surface area contributed by atoms with Crippen LogP contribution in [0.4, 0.5) is 0 Å². The van der Waals surface area contributed by atoms with Crippen LogP contribution in [0.3, 0.4) is 0 Å². The van der Waals surface area contributed by atoms with Crippen molar-refractivity contribution in [2.24, 2.45) is 0 Å². The molecular formula is C11H15ClN4O2S2. The first-order valence-electron chi connectivity index (χ1n) is 6.04. The van der Waals surface area contributed by atoms with E-state index >= 15 is 0 Å². The van der Waals surface area contributed by atoms with Crippen molar-refractivity contribution in [3.05, 3.63) is 18.2 Å². The molecule has 9 heteroatoms. The van der Waals surface area contributed by atoms with Gasteiger partial charge in [-0.25, -0.2) is 8.42 Å². The zero-order valence-electron chi connectivity index (χ0n) is 10.8. The number of sulfonamides is 1. The van der Waals surface area contributed by atoms with Gasteiger partial charge in [0.2, 0.25) is 10.0 Å². The van der Waals surface area contributed by atoms with Crippen LogP contribution in [0, 0.1) is 0 Å². The van der Waals surface area contributed by atoms with Crippen LogP contribution in [-0.2, 0) is 10.0 Å². The second kappa shape index (κ2) is 5.90. The number of benzene rings is 1. The topological polar surface area (TPSA) is 75.2 Å². The number of halogens is 1. The number of fused-ring (bicyclic) bond motifs is 1. The molecule has 1 atom stereocenters. The highest BCUT2D eigenvalue weighted by atomic mass is 35.5. The Kier molecular flexibility index (Phi) is 4.60. The minimum Gasteiger partial charge on any atom is -0.312 e. The lowest BCUT2D eigenvalue weighted by molar-refractivity contribution is 0.310. The summed E-state index contributed by atoms with van der Waals surface area (Å²) >= 11 is 1.04. The molecular weight excluding hydrogens is 320 g/mol. The predicted octanol–water partition coefficient (Wildman–Crippen LogP) is 1.10. The standard InChI is InChI=1S/C11H14N4O2S2.ClH/c1-8-7-15(6-5-12-8)19(16,17)10-4-2-3-9-11(10)14-18-13-9;/h2-4,8,12H,5-7H2,1H3;1H/t8-;/m1./s1. The monoisotopic (exact) mass is 334 g/mol. The number of piperazine rings is 1. The van der Waals surface area contributed by atoms with Crippen LogP contribution in [-0.4, -0.2) is 47.1 Å². The van der Waals surface area contributed by atoms with Gasteiger partial charge in [-0.15, -0.1) is 12.4 Å². The summed E-state index contributed by atoms with van der Waals surface area (Å²) in [5, 5.41) is 3.24. The molecule has 1 aliphatic heterocycles. The van der Waals surface area contributed by atoms with E-state index in [4.69, 9.17) is 0 Å². The highest BCUT2D eigenvalue weighted by Crippen LogP contribution is 2.24. The van der Waals surface area contributed by atoms with Gasteiger partial charge in [-0.1, -0.05) is 6.07 Å². The summed E-state index contributed by atoms with van der Waals surface area (Å²) in [5.74, 6) is 0. The molecule has 20 heavy (non-hydrogen) atoms. The van der Waals surface area contributed by atoms with Crippen molar-refractivity contribution in [2.45, 2.75) is 17.9 Å². The van der Waals surface area contributed by atoms with Crippen LogP contribution in [0.2, 0.25) is 0 Å². The van der Waals surface area contributed by atoms with Gasteiger partial charge >= 0.3 is 0 Å². The number of hydrogen-bond acceptors (Lipinski definition) is 6. The van der Waals surface area contributed by atoms with Crippen molar-refractivity contribution in [2.75, 3.05) is 19.6 Å². The quantitative estimate of drug-likeness (QED) is 0.890. The summed E-state index contributed by atoms with van der Waals surface area (Å²) in [6.45, 7) is 3.62. The molecule has 1 saturated heterocycles. The van der Waals surface area contributed by atoms with Gasteiger partial charge in [-0.2, -0.15) is 13.1 Å². The van der Waals surface area contributed by atoms with Gasteiger partial charge in [0.1, 0.15) is 15.9 Å². The molecule has 0 aliphatic carbocycles. The van der Waals surface area contributed by atoms with Gasteiger partial charge in [0, 0.05) is 25.7 Å². The van der Waals surface area contributed by atoms with Crippen molar-refractivity contribution in [3.63, 3.8) is 0 Å².